The minimum Gasteiger partial charge on any atom is -0.408 e. The fourth-order valence-corrected chi connectivity index (χ4v) is 4.18. The molecular weight excluding hydrogens is 438 g/mol. The second kappa shape index (κ2) is 10.6. The van der Waals surface area contributed by atoms with E-state index in [1.807, 2.05) is 69.0 Å². The number of ether oxygens (including phenoxy) is 1. The van der Waals surface area contributed by atoms with E-state index in [2.05, 4.69) is 39.2 Å². The molecule has 0 aliphatic heterocycles. The number of nitrogens with two attached hydrogens (primary N) is 1. The van der Waals surface area contributed by atoms with Crippen LogP contribution in [-0.2, 0) is 26.2 Å². The van der Waals surface area contributed by atoms with Gasteiger partial charge in [0.25, 0.3) is 0 Å². The molecule has 0 spiro atoms. The van der Waals surface area contributed by atoms with Gasteiger partial charge in [0.1, 0.15) is 0 Å². The molecule has 0 fully saturated rings. The van der Waals surface area contributed by atoms with Gasteiger partial charge in [0, 0.05) is 37.6 Å². The Bertz CT molecular complexity index is 1320. The molecule has 182 valence electrons. The molecule has 0 unspecified atom stereocenters. The van der Waals surface area contributed by atoms with Crippen LogP contribution in [0.2, 0.25) is 0 Å². The molecule has 0 saturated carbocycles. The first-order chi connectivity index (χ1) is 16.8. The molecule has 0 bridgehead atoms. The number of carbonyl (C=O) groups excluding carboxylic acids is 1. The highest BCUT2D eigenvalue weighted by Crippen LogP contribution is 2.24. The first-order valence-corrected chi connectivity index (χ1v) is 11.8. The molecule has 7 heteroatoms. The van der Waals surface area contributed by atoms with E-state index in [9.17, 15) is 4.79 Å². The van der Waals surface area contributed by atoms with Crippen LogP contribution < -0.4 is 15.8 Å². The van der Waals surface area contributed by atoms with Gasteiger partial charge in [-0.05, 0) is 61.1 Å². The van der Waals surface area contributed by atoms with E-state index >= 15 is 0 Å². The molecule has 2 heterocycles. The molecular formula is C28H33N5O2. The third kappa shape index (κ3) is 6.00. The van der Waals surface area contributed by atoms with Crippen molar-refractivity contribution >= 4 is 6.09 Å². The van der Waals surface area contributed by atoms with Gasteiger partial charge >= 0.3 is 6.09 Å². The van der Waals surface area contributed by atoms with E-state index in [-0.39, 0.29) is 0 Å². The Kier molecular flexibility index (Phi) is 7.36. The molecule has 0 radical (unpaired) electrons. The summed E-state index contributed by atoms with van der Waals surface area (Å²) >= 11 is 0. The first-order valence-electron chi connectivity index (χ1n) is 11.8. The van der Waals surface area contributed by atoms with Crippen LogP contribution in [0.4, 0.5) is 4.79 Å². The predicted octanol–water partition coefficient (Wildman–Crippen LogP) is 4.76. The number of carbonyl (C=O) groups is 1. The Morgan fingerprint density at radius 2 is 1.66 bits per heavy atom. The van der Waals surface area contributed by atoms with Crippen molar-refractivity contribution in [3.63, 3.8) is 0 Å². The number of hydrogen-bond acceptors (Lipinski definition) is 4. The summed E-state index contributed by atoms with van der Waals surface area (Å²) < 4.78 is 9.73. The molecule has 35 heavy (non-hydrogen) atoms. The number of aryl methyl sites for hydroxylation is 3. The van der Waals surface area contributed by atoms with Crippen LogP contribution in [0.15, 0.2) is 60.9 Å². The van der Waals surface area contributed by atoms with E-state index in [0.717, 1.165) is 40.2 Å². The van der Waals surface area contributed by atoms with Gasteiger partial charge < -0.3 is 20.4 Å². The van der Waals surface area contributed by atoms with Crippen LogP contribution >= 0.6 is 0 Å². The lowest BCUT2D eigenvalue weighted by atomic mass is 10.1. The maximum atomic E-state index is 12.5. The minimum atomic E-state index is -0.467. The van der Waals surface area contributed by atoms with Crippen molar-refractivity contribution in [3.8, 4) is 5.75 Å². The van der Waals surface area contributed by atoms with Crippen molar-refractivity contribution in [2.24, 2.45) is 5.73 Å². The topological polar surface area (TPSA) is 87.1 Å². The summed E-state index contributed by atoms with van der Waals surface area (Å²) in [5.41, 5.74) is 14.4. The number of rotatable bonds is 8. The highest BCUT2D eigenvalue weighted by atomic mass is 16.6. The molecule has 0 saturated heterocycles. The second-order valence-corrected chi connectivity index (χ2v) is 9.06. The average molecular weight is 472 g/mol. The number of amides is 1. The number of nitrogens with one attached hydrogen (secondary N) is 1. The lowest BCUT2D eigenvalue weighted by Crippen LogP contribution is -2.26. The molecule has 0 aliphatic carbocycles. The lowest BCUT2D eigenvalue weighted by Gasteiger charge is -2.12. The Morgan fingerprint density at radius 1 is 0.971 bits per heavy atom. The Hall–Kier alpha value is -3.84. The first kappa shape index (κ1) is 24.3. The van der Waals surface area contributed by atoms with E-state index < -0.39 is 6.09 Å². The van der Waals surface area contributed by atoms with E-state index in [0.29, 0.717) is 25.4 Å². The summed E-state index contributed by atoms with van der Waals surface area (Å²) in [6, 6.07) is 16.5. The summed E-state index contributed by atoms with van der Waals surface area (Å²) in [4.78, 5) is 12.5. The number of nitrogens with zero attached hydrogens (tertiary/aromatic N) is 3. The molecule has 2 aromatic heterocycles. The van der Waals surface area contributed by atoms with E-state index in [1.54, 1.807) is 0 Å². The van der Waals surface area contributed by atoms with Crippen molar-refractivity contribution in [1.29, 1.82) is 0 Å². The van der Waals surface area contributed by atoms with Gasteiger partial charge in [-0.1, -0.05) is 42.5 Å². The molecule has 1 amide bonds. The normalized spacial score (nSPS) is 11.0. The fourth-order valence-electron chi connectivity index (χ4n) is 4.18. The maximum absolute atomic E-state index is 12.5. The van der Waals surface area contributed by atoms with Crippen molar-refractivity contribution in [1.82, 2.24) is 19.7 Å². The van der Waals surface area contributed by atoms with E-state index in [1.165, 1.54) is 11.1 Å². The number of benzene rings is 2. The van der Waals surface area contributed by atoms with E-state index in [4.69, 9.17) is 10.5 Å². The van der Waals surface area contributed by atoms with Crippen LogP contribution in [0.3, 0.4) is 0 Å². The van der Waals surface area contributed by atoms with Gasteiger partial charge in [-0.15, -0.1) is 0 Å². The highest BCUT2D eigenvalue weighted by molar-refractivity contribution is 5.71. The molecule has 4 rings (SSSR count). The molecule has 0 aliphatic rings. The SMILES string of the molecule is Cc1cnn(Cc2ccc(Cn3c(C)cc(OC(=O)NCc4ccc(CN)cc4C)c3C)cc2)c1. The standard InChI is InChI=1S/C28H33N5O2/c1-19-14-31-32(16-19)17-23-5-7-24(8-6-23)18-33-21(3)12-27(22(33)4)35-28(34)30-15-26-10-9-25(13-29)11-20(26)2/h5-12,14,16H,13,15,17-18,29H2,1-4H3,(H,30,34). The van der Waals surface area contributed by atoms with Crippen molar-refractivity contribution in [2.75, 3.05) is 0 Å². The minimum absolute atomic E-state index is 0.401. The van der Waals surface area contributed by atoms with Crippen LogP contribution in [0.25, 0.3) is 0 Å². The number of hydrogen-bond donors (Lipinski definition) is 2. The molecule has 4 aromatic rings. The maximum Gasteiger partial charge on any atom is 0.412 e. The zero-order valence-electron chi connectivity index (χ0n) is 20.8. The third-order valence-electron chi connectivity index (χ3n) is 6.27. The van der Waals surface area contributed by atoms with Gasteiger partial charge in [-0.25, -0.2) is 4.79 Å². The summed E-state index contributed by atoms with van der Waals surface area (Å²) in [6.45, 7) is 10.4. The van der Waals surface area contributed by atoms with Crippen molar-refractivity contribution in [3.05, 3.63) is 106 Å². The Balaban J connectivity index is 1.36. The molecule has 3 N–H and O–H groups in total. The molecule has 2 aromatic carbocycles. The van der Waals surface area contributed by atoms with Crippen molar-refractivity contribution < 1.29 is 9.53 Å². The third-order valence-corrected chi connectivity index (χ3v) is 6.27. The number of aromatic nitrogens is 3. The summed E-state index contributed by atoms with van der Waals surface area (Å²) in [7, 11) is 0. The van der Waals surface area contributed by atoms with Crippen LogP contribution in [0.1, 0.15) is 44.8 Å². The summed E-state index contributed by atoms with van der Waals surface area (Å²) in [5.74, 6) is 0.570. The monoisotopic (exact) mass is 471 g/mol. The zero-order chi connectivity index (χ0) is 24.9. The van der Waals surface area contributed by atoms with Gasteiger partial charge in [-0.2, -0.15) is 5.10 Å². The van der Waals surface area contributed by atoms with Crippen LogP contribution in [-0.4, -0.2) is 20.4 Å². The van der Waals surface area contributed by atoms with Gasteiger partial charge in [-0.3, -0.25) is 4.68 Å². The zero-order valence-corrected chi connectivity index (χ0v) is 20.8. The Labute approximate surface area is 206 Å². The summed E-state index contributed by atoms with van der Waals surface area (Å²) in [6.07, 6.45) is 3.44. The lowest BCUT2D eigenvalue weighted by molar-refractivity contribution is 0.199. The van der Waals surface area contributed by atoms with Crippen molar-refractivity contribution in [2.45, 2.75) is 53.9 Å². The van der Waals surface area contributed by atoms with Crippen LogP contribution in [0.5, 0.6) is 5.75 Å². The Morgan fingerprint density at radius 3 is 2.29 bits per heavy atom. The van der Waals surface area contributed by atoms with Gasteiger partial charge in [0.05, 0.1) is 18.4 Å². The quantitative estimate of drug-likeness (QED) is 0.388. The second-order valence-electron chi connectivity index (χ2n) is 9.06. The smallest absolute Gasteiger partial charge is 0.408 e. The van der Waals surface area contributed by atoms with Crippen LogP contribution in [0, 0.1) is 27.7 Å². The predicted molar refractivity (Wildman–Crippen MR) is 137 cm³/mol. The van der Waals surface area contributed by atoms with Gasteiger partial charge in [0.15, 0.2) is 5.75 Å². The van der Waals surface area contributed by atoms with Gasteiger partial charge in [0.2, 0.25) is 0 Å². The average Bonchev–Trinajstić information content (AvgIpc) is 3.36. The highest BCUT2D eigenvalue weighted by Gasteiger charge is 2.14. The fraction of sp³-hybridized carbons (Fsp3) is 0.286. The molecule has 0 atom stereocenters. The molecule has 7 nitrogen and oxygen atoms in total. The summed E-state index contributed by atoms with van der Waals surface area (Å²) in [5, 5.41) is 7.20. The largest absolute Gasteiger partial charge is 0.412 e.